The maximum absolute atomic E-state index is 12.3. The lowest BCUT2D eigenvalue weighted by atomic mass is 10.0. The molecule has 23 heavy (non-hydrogen) atoms. The Morgan fingerprint density at radius 2 is 1.87 bits per heavy atom. The van der Waals surface area contributed by atoms with Crippen LogP contribution in [0.15, 0.2) is 24.3 Å². The van der Waals surface area contributed by atoms with Crippen molar-refractivity contribution in [2.24, 2.45) is 5.92 Å². The number of esters is 1. The summed E-state index contributed by atoms with van der Waals surface area (Å²) in [6.45, 7) is 6.19. The highest BCUT2D eigenvalue weighted by Crippen LogP contribution is 2.25. The molecule has 1 aromatic rings. The van der Waals surface area contributed by atoms with Gasteiger partial charge in [-0.25, -0.2) is 0 Å². The molecule has 0 radical (unpaired) electrons. The van der Waals surface area contributed by atoms with E-state index in [-0.39, 0.29) is 12.3 Å². The van der Waals surface area contributed by atoms with Gasteiger partial charge < -0.3 is 14.8 Å². The van der Waals surface area contributed by atoms with Gasteiger partial charge in [0.05, 0.1) is 19.6 Å². The Morgan fingerprint density at radius 3 is 2.43 bits per heavy atom. The lowest BCUT2D eigenvalue weighted by Crippen LogP contribution is -2.38. The molecule has 2 atom stereocenters. The Hall–Kier alpha value is -1.59. The third kappa shape index (κ3) is 6.59. The van der Waals surface area contributed by atoms with Gasteiger partial charge in [-0.15, -0.1) is 0 Å². The molecule has 0 heterocycles. The lowest BCUT2D eigenvalue weighted by molar-refractivity contribution is -0.141. The molecular formula is C17H24ClNO4. The topological polar surface area (TPSA) is 64.6 Å². The Balaban J connectivity index is 2.83. The molecule has 0 spiro atoms. The fraction of sp³-hybridized carbons (Fsp3) is 0.529. The molecule has 1 amide bonds. The van der Waals surface area contributed by atoms with Gasteiger partial charge in [0.25, 0.3) is 0 Å². The third-order valence-corrected chi connectivity index (χ3v) is 3.59. The third-order valence-electron chi connectivity index (χ3n) is 3.24. The molecule has 0 fully saturated rings. The highest BCUT2D eigenvalue weighted by atomic mass is 35.5. The average molecular weight is 342 g/mol. The van der Waals surface area contributed by atoms with Crippen molar-refractivity contribution in [2.75, 3.05) is 13.7 Å². The maximum atomic E-state index is 12.3. The highest BCUT2D eigenvalue weighted by Gasteiger charge is 2.23. The molecular weight excluding hydrogens is 318 g/mol. The summed E-state index contributed by atoms with van der Waals surface area (Å²) in [5, 5.41) is 3.30. The Kier molecular flexibility index (Phi) is 8.06. The smallest absolute Gasteiger partial charge is 0.307 e. The Bertz CT molecular complexity index is 533. The number of halogens is 1. The summed E-state index contributed by atoms with van der Waals surface area (Å²) in [5.41, 5.74) is 0.670. The van der Waals surface area contributed by atoms with E-state index >= 15 is 0 Å². The van der Waals surface area contributed by atoms with Crippen molar-refractivity contribution in [1.29, 1.82) is 0 Å². The quantitative estimate of drug-likeness (QED) is 0.738. The summed E-state index contributed by atoms with van der Waals surface area (Å²) in [4.78, 5) is 23.9. The molecule has 0 aromatic heterocycles. The second-order valence-corrected chi connectivity index (χ2v) is 6.14. The van der Waals surface area contributed by atoms with E-state index in [2.05, 4.69) is 5.32 Å². The van der Waals surface area contributed by atoms with Crippen LogP contribution < -0.4 is 5.32 Å². The zero-order valence-corrected chi connectivity index (χ0v) is 14.7. The first-order valence-electron chi connectivity index (χ1n) is 7.58. The van der Waals surface area contributed by atoms with E-state index in [1.54, 1.807) is 31.2 Å². The minimum atomic E-state index is -0.611. The molecule has 0 aliphatic rings. The summed E-state index contributed by atoms with van der Waals surface area (Å²) >= 11 is 6.18. The molecule has 1 N–H and O–H groups in total. The van der Waals surface area contributed by atoms with Crippen LogP contribution in [0.3, 0.4) is 0 Å². The summed E-state index contributed by atoms with van der Waals surface area (Å²) in [7, 11) is 1.31. The highest BCUT2D eigenvalue weighted by molar-refractivity contribution is 6.31. The summed E-state index contributed by atoms with van der Waals surface area (Å²) < 4.78 is 10.2. The fourth-order valence-electron chi connectivity index (χ4n) is 1.95. The fourth-order valence-corrected chi connectivity index (χ4v) is 2.22. The summed E-state index contributed by atoms with van der Waals surface area (Å²) in [5.74, 6) is -0.384. The van der Waals surface area contributed by atoms with E-state index in [0.29, 0.717) is 23.1 Å². The first kappa shape index (κ1) is 19.5. The number of ether oxygens (including phenoxy) is 2. The molecule has 0 unspecified atom stereocenters. The van der Waals surface area contributed by atoms with Gasteiger partial charge in [0.1, 0.15) is 6.10 Å². The van der Waals surface area contributed by atoms with Crippen LogP contribution in [-0.2, 0) is 19.1 Å². The number of amides is 1. The van der Waals surface area contributed by atoms with Crippen LogP contribution in [0.25, 0.3) is 0 Å². The lowest BCUT2D eigenvalue weighted by Gasteiger charge is -2.22. The number of methoxy groups -OCH3 is 1. The van der Waals surface area contributed by atoms with Crippen LogP contribution in [0.1, 0.15) is 38.8 Å². The maximum Gasteiger partial charge on any atom is 0.307 e. The van der Waals surface area contributed by atoms with Gasteiger partial charge in [0.2, 0.25) is 5.91 Å². The molecule has 0 saturated heterocycles. The van der Waals surface area contributed by atoms with Gasteiger partial charge in [-0.3, -0.25) is 9.59 Å². The van der Waals surface area contributed by atoms with Crippen molar-refractivity contribution in [1.82, 2.24) is 5.32 Å². The van der Waals surface area contributed by atoms with Crippen LogP contribution >= 0.6 is 11.6 Å². The van der Waals surface area contributed by atoms with Crippen molar-refractivity contribution < 1.29 is 19.1 Å². The normalized spacial score (nSPS) is 13.5. The zero-order valence-electron chi connectivity index (χ0n) is 14.0. The van der Waals surface area contributed by atoms with Crippen molar-refractivity contribution in [2.45, 2.75) is 39.3 Å². The molecule has 6 heteroatoms. The molecule has 1 aromatic carbocycles. The van der Waals surface area contributed by atoms with Gasteiger partial charge in [0, 0.05) is 11.6 Å². The predicted octanol–water partition coefficient (Wildman–Crippen LogP) is 3.12. The van der Waals surface area contributed by atoms with Crippen LogP contribution in [0.2, 0.25) is 5.02 Å². The first-order valence-corrected chi connectivity index (χ1v) is 7.96. The van der Waals surface area contributed by atoms with E-state index in [4.69, 9.17) is 21.1 Å². The van der Waals surface area contributed by atoms with Crippen LogP contribution in [0, 0.1) is 5.92 Å². The number of hydrogen-bond donors (Lipinski definition) is 1. The molecule has 0 saturated carbocycles. The molecule has 5 nitrogen and oxygen atoms in total. The Labute approximate surface area is 142 Å². The zero-order chi connectivity index (χ0) is 17.4. The van der Waals surface area contributed by atoms with Gasteiger partial charge in [-0.05, 0) is 24.5 Å². The molecule has 1 rings (SSSR count). The van der Waals surface area contributed by atoms with Crippen molar-refractivity contribution in [3.8, 4) is 0 Å². The van der Waals surface area contributed by atoms with Gasteiger partial charge >= 0.3 is 5.97 Å². The summed E-state index contributed by atoms with van der Waals surface area (Å²) in [6, 6.07) is 6.52. The number of rotatable bonds is 8. The van der Waals surface area contributed by atoms with E-state index < -0.39 is 18.1 Å². The van der Waals surface area contributed by atoms with E-state index in [1.807, 2.05) is 13.8 Å². The van der Waals surface area contributed by atoms with Crippen LogP contribution in [-0.4, -0.2) is 31.7 Å². The van der Waals surface area contributed by atoms with Crippen LogP contribution in [0.5, 0.6) is 0 Å². The number of nitrogens with one attached hydrogen (secondary N) is 1. The van der Waals surface area contributed by atoms with E-state index in [9.17, 15) is 9.59 Å². The van der Waals surface area contributed by atoms with Gasteiger partial charge in [-0.1, -0.05) is 43.6 Å². The van der Waals surface area contributed by atoms with Crippen molar-refractivity contribution in [3.63, 3.8) is 0 Å². The average Bonchev–Trinajstić information content (AvgIpc) is 2.52. The van der Waals surface area contributed by atoms with E-state index in [1.165, 1.54) is 7.11 Å². The monoisotopic (exact) mass is 341 g/mol. The molecule has 128 valence electrons. The largest absolute Gasteiger partial charge is 0.469 e. The standard InChI is InChI=1S/C17H24ClNO4/c1-11(2)10-23-12(3)17(21)19-15(9-16(20)22-4)13-7-5-6-8-14(13)18/h5-8,11-12,15H,9-10H2,1-4H3,(H,19,21)/t12-,15-/m0/s1. The number of benzene rings is 1. The van der Waals surface area contributed by atoms with Crippen molar-refractivity contribution in [3.05, 3.63) is 34.9 Å². The SMILES string of the molecule is COC(=O)C[C@H](NC(=O)[C@H](C)OCC(C)C)c1ccccc1Cl. The molecule has 0 aliphatic carbocycles. The van der Waals surface area contributed by atoms with Crippen molar-refractivity contribution >= 4 is 23.5 Å². The Morgan fingerprint density at radius 1 is 1.22 bits per heavy atom. The predicted molar refractivity (Wildman–Crippen MR) is 89.2 cm³/mol. The second-order valence-electron chi connectivity index (χ2n) is 5.73. The van der Waals surface area contributed by atoms with E-state index in [0.717, 1.165) is 0 Å². The number of carbonyl (C=O) groups excluding carboxylic acids is 2. The molecule has 0 aliphatic heterocycles. The number of hydrogen-bond acceptors (Lipinski definition) is 4. The second kappa shape index (κ2) is 9.53. The van der Waals surface area contributed by atoms with Gasteiger partial charge in [0.15, 0.2) is 0 Å². The minimum Gasteiger partial charge on any atom is -0.469 e. The minimum absolute atomic E-state index is 0.00285. The summed E-state index contributed by atoms with van der Waals surface area (Å²) in [6.07, 6.45) is -0.608. The molecule has 0 bridgehead atoms. The first-order chi connectivity index (χ1) is 10.8. The van der Waals surface area contributed by atoms with Crippen LogP contribution in [0.4, 0.5) is 0 Å². The number of carbonyl (C=O) groups is 2. The van der Waals surface area contributed by atoms with Gasteiger partial charge in [-0.2, -0.15) is 0 Å².